The quantitative estimate of drug-likeness (QED) is 0.560. The zero-order chi connectivity index (χ0) is 12.6. The lowest BCUT2D eigenvalue weighted by molar-refractivity contribution is -0.145. The van der Waals surface area contributed by atoms with Gasteiger partial charge >= 0.3 is 5.97 Å². The van der Waals surface area contributed by atoms with Crippen molar-refractivity contribution in [1.29, 1.82) is 0 Å². The molecule has 3 heteroatoms. The molecule has 1 heterocycles. The predicted octanol–water partition coefficient (Wildman–Crippen LogP) is 2.78. The maximum Gasteiger partial charge on any atom is 0.308 e. The first kappa shape index (κ1) is 12.9. The van der Waals surface area contributed by atoms with Gasteiger partial charge in [0, 0.05) is 0 Å². The van der Waals surface area contributed by atoms with Crippen LogP contribution in [0.15, 0.2) is 0 Å². The fraction of sp³-hybridized carbons (Fsp3) is 0.929. The van der Waals surface area contributed by atoms with E-state index in [0.717, 1.165) is 24.7 Å². The molecule has 98 valence electrons. The average molecular weight is 240 g/mol. The van der Waals surface area contributed by atoms with Gasteiger partial charge in [-0.15, -0.1) is 0 Å². The minimum absolute atomic E-state index is 0.0129. The van der Waals surface area contributed by atoms with Gasteiger partial charge in [0.2, 0.25) is 0 Å². The molecule has 0 radical (unpaired) electrons. The molecule has 0 aromatic rings. The molecule has 0 aromatic heterocycles. The van der Waals surface area contributed by atoms with Gasteiger partial charge in [-0.2, -0.15) is 0 Å². The lowest BCUT2D eigenvalue weighted by Crippen LogP contribution is -2.30. The second kappa shape index (κ2) is 4.60. The summed E-state index contributed by atoms with van der Waals surface area (Å²) in [6.07, 6.45) is 4.75. The Morgan fingerprint density at radius 3 is 2.71 bits per heavy atom. The van der Waals surface area contributed by atoms with Gasteiger partial charge < -0.3 is 9.47 Å². The van der Waals surface area contributed by atoms with E-state index in [2.05, 4.69) is 13.8 Å². The molecule has 1 saturated heterocycles. The summed E-state index contributed by atoms with van der Waals surface area (Å²) in [7, 11) is 1.46. The van der Waals surface area contributed by atoms with Crippen LogP contribution in [0.4, 0.5) is 0 Å². The SMILES string of the molecule is COC(=O)[C@@H](C)C[C@@]12CC[C@H](C(C)C)CC1O2. The molecule has 3 nitrogen and oxygen atoms in total. The van der Waals surface area contributed by atoms with Crippen molar-refractivity contribution in [2.45, 2.75) is 58.2 Å². The zero-order valence-corrected chi connectivity index (χ0v) is 11.4. The summed E-state index contributed by atoms with van der Waals surface area (Å²) >= 11 is 0. The highest BCUT2D eigenvalue weighted by atomic mass is 16.6. The van der Waals surface area contributed by atoms with Gasteiger partial charge in [0.25, 0.3) is 0 Å². The summed E-state index contributed by atoms with van der Waals surface area (Å²) in [5.74, 6) is 1.39. The largest absolute Gasteiger partial charge is 0.469 e. The van der Waals surface area contributed by atoms with Crippen molar-refractivity contribution in [3.8, 4) is 0 Å². The maximum atomic E-state index is 11.4. The predicted molar refractivity (Wildman–Crippen MR) is 65.6 cm³/mol. The molecule has 1 unspecified atom stereocenters. The Hall–Kier alpha value is -0.570. The van der Waals surface area contributed by atoms with Crippen molar-refractivity contribution < 1.29 is 14.3 Å². The van der Waals surface area contributed by atoms with Gasteiger partial charge in [-0.1, -0.05) is 20.8 Å². The van der Waals surface area contributed by atoms with Crippen molar-refractivity contribution in [1.82, 2.24) is 0 Å². The van der Waals surface area contributed by atoms with Crippen molar-refractivity contribution in [2.24, 2.45) is 17.8 Å². The van der Waals surface area contributed by atoms with Gasteiger partial charge in [0.15, 0.2) is 0 Å². The Morgan fingerprint density at radius 1 is 1.47 bits per heavy atom. The number of ether oxygens (including phenoxy) is 2. The number of fused-ring (bicyclic) bond motifs is 1. The van der Waals surface area contributed by atoms with Crippen LogP contribution in [0.25, 0.3) is 0 Å². The summed E-state index contributed by atoms with van der Waals surface area (Å²) in [6.45, 7) is 6.52. The number of esters is 1. The molecular weight excluding hydrogens is 216 g/mol. The maximum absolute atomic E-state index is 11.4. The van der Waals surface area contributed by atoms with Gasteiger partial charge in [-0.3, -0.25) is 4.79 Å². The fourth-order valence-corrected chi connectivity index (χ4v) is 3.24. The minimum Gasteiger partial charge on any atom is -0.469 e. The highest BCUT2D eigenvalue weighted by molar-refractivity contribution is 5.72. The van der Waals surface area contributed by atoms with E-state index in [0.29, 0.717) is 6.10 Å². The van der Waals surface area contributed by atoms with Crippen LogP contribution in [0.5, 0.6) is 0 Å². The molecular formula is C14H24O3. The van der Waals surface area contributed by atoms with E-state index < -0.39 is 0 Å². The van der Waals surface area contributed by atoms with Crippen LogP contribution in [0, 0.1) is 17.8 Å². The molecule has 0 bridgehead atoms. The van der Waals surface area contributed by atoms with Crippen LogP contribution in [0.3, 0.4) is 0 Å². The number of hydrogen-bond donors (Lipinski definition) is 0. The molecule has 1 aliphatic heterocycles. The van der Waals surface area contributed by atoms with E-state index in [9.17, 15) is 4.79 Å². The van der Waals surface area contributed by atoms with E-state index in [1.807, 2.05) is 6.92 Å². The molecule has 0 spiro atoms. The van der Waals surface area contributed by atoms with Crippen LogP contribution >= 0.6 is 0 Å². The third kappa shape index (κ3) is 2.49. The summed E-state index contributed by atoms with van der Waals surface area (Å²) in [4.78, 5) is 11.4. The minimum atomic E-state index is -0.111. The van der Waals surface area contributed by atoms with E-state index in [4.69, 9.17) is 9.47 Å². The second-order valence-electron chi connectivity index (χ2n) is 6.08. The molecule has 0 N–H and O–H groups in total. The number of hydrogen-bond acceptors (Lipinski definition) is 3. The van der Waals surface area contributed by atoms with Crippen molar-refractivity contribution >= 4 is 5.97 Å². The Kier molecular flexibility index (Phi) is 3.48. The number of carbonyl (C=O) groups is 1. The fourth-order valence-electron chi connectivity index (χ4n) is 3.24. The highest BCUT2D eigenvalue weighted by Gasteiger charge is 2.59. The summed E-state index contributed by atoms with van der Waals surface area (Å²) in [5, 5.41) is 0. The highest BCUT2D eigenvalue weighted by Crippen LogP contribution is 2.54. The molecule has 4 atom stereocenters. The van der Waals surface area contributed by atoms with E-state index in [1.54, 1.807) is 0 Å². The Bertz CT molecular complexity index is 300. The van der Waals surface area contributed by atoms with Crippen LogP contribution < -0.4 is 0 Å². The number of rotatable bonds is 4. The normalized spacial score (nSPS) is 37.5. The molecule has 1 aliphatic carbocycles. The first-order valence-electron chi connectivity index (χ1n) is 6.74. The van der Waals surface area contributed by atoms with Crippen molar-refractivity contribution in [3.05, 3.63) is 0 Å². The smallest absolute Gasteiger partial charge is 0.308 e. The number of epoxide rings is 1. The van der Waals surface area contributed by atoms with Crippen molar-refractivity contribution in [2.75, 3.05) is 7.11 Å². The van der Waals surface area contributed by atoms with Crippen LogP contribution in [0.1, 0.15) is 46.5 Å². The third-order valence-electron chi connectivity index (χ3n) is 4.56. The van der Waals surface area contributed by atoms with Crippen molar-refractivity contribution in [3.63, 3.8) is 0 Å². The summed E-state index contributed by atoms with van der Waals surface area (Å²) in [6, 6.07) is 0. The monoisotopic (exact) mass is 240 g/mol. The molecule has 17 heavy (non-hydrogen) atoms. The Balaban J connectivity index is 1.87. The van der Waals surface area contributed by atoms with E-state index >= 15 is 0 Å². The molecule has 0 amide bonds. The summed E-state index contributed by atoms with van der Waals surface area (Å²) < 4.78 is 10.7. The van der Waals surface area contributed by atoms with E-state index in [-0.39, 0.29) is 17.5 Å². The third-order valence-corrected chi connectivity index (χ3v) is 4.56. The first-order chi connectivity index (χ1) is 7.98. The summed E-state index contributed by atoms with van der Waals surface area (Å²) in [5.41, 5.74) is 0.0129. The van der Waals surface area contributed by atoms with Gasteiger partial charge in [-0.05, 0) is 37.5 Å². The number of carbonyl (C=O) groups excluding carboxylic acids is 1. The lowest BCUT2D eigenvalue weighted by atomic mass is 9.74. The van der Waals surface area contributed by atoms with Crippen LogP contribution in [-0.2, 0) is 14.3 Å². The molecule has 0 aromatic carbocycles. The van der Waals surface area contributed by atoms with Gasteiger partial charge in [-0.25, -0.2) is 0 Å². The topological polar surface area (TPSA) is 38.8 Å². The Labute approximate surface area is 104 Å². The molecule has 2 rings (SSSR count). The molecule has 2 fully saturated rings. The standard InChI is InChI=1S/C14H24O3/c1-9(2)11-5-6-14(12(7-11)17-14)8-10(3)13(15)16-4/h9-12H,5-8H2,1-4H3/t10-,11-,12?,14-/m0/s1. The average Bonchev–Trinajstić information content (AvgIpc) is 3.00. The Morgan fingerprint density at radius 2 is 2.18 bits per heavy atom. The first-order valence-corrected chi connectivity index (χ1v) is 6.74. The van der Waals surface area contributed by atoms with Gasteiger partial charge in [0.1, 0.15) is 0 Å². The lowest BCUT2D eigenvalue weighted by Gasteiger charge is -2.28. The molecule has 2 aliphatic rings. The van der Waals surface area contributed by atoms with Gasteiger partial charge in [0.05, 0.1) is 24.7 Å². The number of methoxy groups -OCH3 is 1. The van der Waals surface area contributed by atoms with E-state index in [1.165, 1.54) is 20.0 Å². The zero-order valence-electron chi connectivity index (χ0n) is 11.4. The molecule has 1 saturated carbocycles. The second-order valence-corrected chi connectivity index (χ2v) is 6.08. The van der Waals surface area contributed by atoms with Crippen LogP contribution in [-0.4, -0.2) is 24.8 Å². The van der Waals surface area contributed by atoms with Crippen LogP contribution in [0.2, 0.25) is 0 Å².